The lowest BCUT2D eigenvalue weighted by Gasteiger charge is -2.29. The Balaban J connectivity index is 1.56. The number of hydrogen-bond acceptors (Lipinski definition) is 4. The highest BCUT2D eigenvalue weighted by Crippen LogP contribution is 2.31. The van der Waals surface area contributed by atoms with Crippen LogP contribution in [0.3, 0.4) is 0 Å². The number of hydrogen-bond donors (Lipinski definition) is 1. The Labute approximate surface area is 179 Å². The molecule has 1 unspecified atom stereocenters. The minimum Gasteiger partial charge on any atom is -0.496 e. The average molecular weight is 409 g/mol. The molecule has 3 rings (SSSR count). The molecule has 0 aliphatic carbocycles. The molecule has 1 aliphatic rings. The number of rotatable bonds is 10. The van der Waals surface area contributed by atoms with Gasteiger partial charge in [0.2, 0.25) is 5.91 Å². The van der Waals surface area contributed by atoms with E-state index < -0.39 is 0 Å². The van der Waals surface area contributed by atoms with Crippen LogP contribution in [-0.2, 0) is 11.2 Å². The summed E-state index contributed by atoms with van der Waals surface area (Å²) in [7, 11) is 1.68. The number of ether oxygens (including phenoxy) is 1. The highest BCUT2D eigenvalue weighted by Gasteiger charge is 2.26. The number of nitrogens with zero attached hydrogens (tertiary/aromatic N) is 1. The van der Waals surface area contributed by atoms with E-state index in [0.29, 0.717) is 12.1 Å². The van der Waals surface area contributed by atoms with E-state index in [4.69, 9.17) is 4.74 Å². The van der Waals surface area contributed by atoms with E-state index in [1.165, 1.54) is 18.4 Å². The quantitative estimate of drug-likeness (QED) is 0.600. The zero-order valence-corrected chi connectivity index (χ0v) is 18.0. The van der Waals surface area contributed by atoms with Crippen molar-refractivity contribution in [1.82, 2.24) is 10.2 Å². The maximum Gasteiger partial charge on any atom is 0.220 e. The van der Waals surface area contributed by atoms with Crippen molar-refractivity contribution < 1.29 is 14.3 Å². The maximum atomic E-state index is 12.5. The second kappa shape index (κ2) is 10.9. The standard InChI is InChI=1S/C25H32N2O3/c1-3-19-10-12-20(13-11-19)23(28)14-15-25(29)26-18-22(27-16-6-7-17-27)21-8-4-5-9-24(21)30-2/h4-5,8-13,22H,3,6-7,14-18H2,1-2H3,(H,26,29). The molecule has 5 nitrogen and oxygen atoms in total. The third kappa shape index (κ3) is 5.70. The van der Waals surface area contributed by atoms with Gasteiger partial charge in [-0.15, -0.1) is 0 Å². The number of likely N-dealkylation sites (tertiary alicyclic amines) is 1. The minimum atomic E-state index is -0.0902. The molecule has 0 aromatic heterocycles. The normalized spacial score (nSPS) is 15.0. The second-order valence-corrected chi connectivity index (χ2v) is 7.78. The van der Waals surface area contributed by atoms with Gasteiger partial charge in [0, 0.05) is 30.5 Å². The lowest BCUT2D eigenvalue weighted by Crippen LogP contribution is -2.37. The van der Waals surface area contributed by atoms with E-state index in [2.05, 4.69) is 23.2 Å². The molecule has 2 aromatic carbocycles. The molecular formula is C25H32N2O3. The first-order valence-electron chi connectivity index (χ1n) is 10.9. The van der Waals surface area contributed by atoms with Crippen molar-refractivity contribution in [3.8, 4) is 5.75 Å². The van der Waals surface area contributed by atoms with Crippen LogP contribution >= 0.6 is 0 Å². The first-order valence-corrected chi connectivity index (χ1v) is 10.9. The van der Waals surface area contributed by atoms with Gasteiger partial charge in [-0.3, -0.25) is 14.5 Å². The number of amides is 1. The Bertz CT molecular complexity index is 842. The summed E-state index contributed by atoms with van der Waals surface area (Å²) in [6, 6.07) is 15.7. The zero-order valence-electron chi connectivity index (χ0n) is 18.0. The van der Waals surface area contributed by atoms with Gasteiger partial charge in [0.05, 0.1) is 13.2 Å². The Hall–Kier alpha value is -2.66. The number of ketones is 1. The minimum absolute atomic E-state index is 0.00799. The number of carbonyl (C=O) groups excluding carboxylic acids is 2. The highest BCUT2D eigenvalue weighted by atomic mass is 16.5. The zero-order chi connectivity index (χ0) is 21.3. The van der Waals surface area contributed by atoms with E-state index in [9.17, 15) is 9.59 Å². The molecule has 0 spiro atoms. The molecule has 0 bridgehead atoms. The fourth-order valence-electron chi connectivity index (χ4n) is 4.03. The summed E-state index contributed by atoms with van der Waals surface area (Å²) in [5.74, 6) is 0.760. The van der Waals surface area contributed by atoms with Crippen LogP contribution in [0.1, 0.15) is 60.1 Å². The van der Waals surface area contributed by atoms with Crippen molar-refractivity contribution in [2.24, 2.45) is 0 Å². The molecule has 1 saturated heterocycles. The van der Waals surface area contributed by atoms with Crippen LogP contribution < -0.4 is 10.1 Å². The molecule has 0 radical (unpaired) electrons. The molecule has 160 valence electrons. The fourth-order valence-corrected chi connectivity index (χ4v) is 4.03. The Morgan fingerprint density at radius 2 is 1.73 bits per heavy atom. The molecule has 0 saturated carbocycles. The van der Waals surface area contributed by atoms with Crippen molar-refractivity contribution in [2.75, 3.05) is 26.7 Å². The Morgan fingerprint density at radius 1 is 1.03 bits per heavy atom. The van der Waals surface area contributed by atoms with Crippen LogP contribution in [0.2, 0.25) is 0 Å². The molecule has 1 N–H and O–H groups in total. The third-order valence-corrected chi connectivity index (χ3v) is 5.84. The maximum absolute atomic E-state index is 12.5. The van der Waals surface area contributed by atoms with E-state index in [-0.39, 0.29) is 30.6 Å². The van der Waals surface area contributed by atoms with Crippen LogP contribution in [0.5, 0.6) is 5.75 Å². The van der Waals surface area contributed by atoms with E-state index in [1.54, 1.807) is 7.11 Å². The van der Waals surface area contributed by atoms with E-state index in [0.717, 1.165) is 30.8 Å². The Kier molecular flexibility index (Phi) is 8.03. The van der Waals surface area contributed by atoms with Crippen molar-refractivity contribution in [3.05, 3.63) is 65.2 Å². The SMILES string of the molecule is CCc1ccc(C(=O)CCC(=O)NCC(c2ccccc2OC)N2CCCC2)cc1. The van der Waals surface area contributed by atoms with Crippen molar-refractivity contribution in [1.29, 1.82) is 0 Å². The molecule has 5 heteroatoms. The first-order chi connectivity index (χ1) is 14.6. The summed E-state index contributed by atoms with van der Waals surface area (Å²) >= 11 is 0. The smallest absolute Gasteiger partial charge is 0.220 e. The number of benzene rings is 2. The molecule has 30 heavy (non-hydrogen) atoms. The van der Waals surface area contributed by atoms with Gasteiger partial charge in [-0.05, 0) is 44.0 Å². The van der Waals surface area contributed by atoms with Gasteiger partial charge in [-0.1, -0.05) is 49.4 Å². The van der Waals surface area contributed by atoms with Gasteiger partial charge in [0.25, 0.3) is 0 Å². The number of para-hydroxylation sites is 1. The van der Waals surface area contributed by atoms with E-state index in [1.807, 2.05) is 42.5 Å². The van der Waals surface area contributed by atoms with Gasteiger partial charge in [0.1, 0.15) is 5.75 Å². The van der Waals surface area contributed by atoms with Gasteiger partial charge >= 0.3 is 0 Å². The van der Waals surface area contributed by atoms with Crippen LogP contribution in [0, 0.1) is 0 Å². The number of nitrogens with one attached hydrogen (secondary N) is 1. The monoisotopic (exact) mass is 408 g/mol. The Morgan fingerprint density at radius 3 is 2.40 bits per heavy atom. The fraction of sp³-hybridized carbons (Fsp3) is 0.440. The third-order valence-electron chi connectivity index (χ3n) is 5.84. The predicted octanol–water partition coefficient (Wildman–Crippen LogP) is 4.17. The van der Waals surface area contributed by atoms with Gasteiger partial charge in [0.15, 0.2) is 5.78 Å². The number of carbonyl (C=O) groups is 2. The molecule has 1 heterocycles. The lowest BCUT2D eigenvalue weighted by molar-refractivity contribution is -0.121. The summed E-state index contributed by atoms with van der Waals surface area (Å²) in [6.07, 6.45) is 3.71. The molecule has 2 aromatic rings. The van der Waals surface area contributed by atoms with Crippen LogP contribution in [-0.4, -0.2) is 43.3 Å². The van der Waals surface area contributed by atoms with Gasteiger partial charge < -0.3 is 10.1 Å². The number of Topliss-reactive ketones (excluding diaryl/α,β-unsaturated/α-hetero) is 1. The second-order valence-electron chi connectivity index (χ2n) is 7.78. The summed E-state index contributed by atoms with van der Waals surface area (Å²) in [6.45, 7) is 4.63. The number of methoxy groups -OCH3 is 1. The summed E-state index contributed by atoms with van der Waals surface area (Å²) < 4.78 is 5.55. The van der Waals surface area contributed by atoms with Crippen LogP contribution in [0.4, 0.5) is 0 Å². The summed E-state index contributed by atoms with van der Waals surface area (Å²) in [5, 5.41) is 3.05. The molecule has 1 aliphatic heterocycles. The van der Waals surface area contributed by atoms with Crippen molar-refractivity contribution >= 4 is 11.7 Å². The van der Waals surface area contributed by atoms with Crippen molar-refractivity contribution in [3.63, 3.8) is 0 Å². The van der Waals surface area contributed by atoms with Gasteiger partial charge in [-0.2, -0.15) is 0 Å². The first kappa shape index (κ1) is 22.0. The van der Waals surface area contributed by atoms with Crippen LogP contribution in [0.15, 0.2) is 48.5 Å². The van der Waals surface area contributed by atoms with E-state index >= 15 is 0 Å². The summed E-state index contributed by atoms with van der Waals surface area (Å²) in [5.41, 5.74) is 2.96. The molecule has 1 amide bonds. The summed E-state index contributed by atoms with van der Waals surface area (Å²) in [4.78, 5) is 27.3. The predicted molar refractivity (Wildman–Crippen MR) is 119 cm³/mol. The average Bonchev–Trinajstić information content (AvgIpc) is 3.32. The van der Waals surface area contributed by atoms with Crippen molar-refractivity contribution in [2.45, 2.75) is 45.1 Å². The van der Waals surface area contributed by atoms with Gasteiger partial charge in [-0.25, -0.2) is 0 Å². The lowest BCUT2D eigenvalue weighted by atomic mass is 10.0. The molecule has 1 fully saturated rings. The molecule has 1 atom stereocenters. The topological polar surface area (TPSA) is 58.6 Å². The van der Waals surface area contributed by atoms with Crippen LogP contribution in [0.25, 0.3) is 0 Å². The highest BCUT2D eigenvalue weighted by molar-refractivity contribution is 5.97. The number of aryl methyl sites for hydroxylation is 1. The largest absolute Gasteiger partial charge is 0.496 e. The molecular weight excluding hydrogens is 376 g/mol.